The van der Waals surface area contributed by atoms with Gasteiger partial charge in [0.2, 0.25) is 10.0 Å². The van der Waals surface area contributed by atoms with E-state index in [0.29, 0.717) is 14.7 Å². The second-order valence-electron chi connectivity index (χ2n) is 5.25. The van der Waals surface area contributed by atoms with Crippen molar-refractivity contribution >= 4 is 37.6 Å². The molecule has 2 fully saturated rings. The Balaban J connectivity index is 1.98. The van der Waals surface area contributed by atoms with Gasteiger partial charge < -0.3 is 0 Å². The molecule has 0 aromatic heterocycles. The average Bonchev–Trinajstić information content (AvgIpc) is 2.63. The summed E-state index contributed by atoms with van der Waals surface area (Å²) >= 11 is 9.54. The fraction of sp³-hybridized carbons (Fsp3) is 0.538. The lowest BCUT2D eigenvalue weighted by Crippen LogP contribution is -2.46. The molecule has 0 aliphatic carbocycles. The highest BCUT2D eigenvalue weighted by Gasteiger charge is 2.46. The molecule has 3 rings (SSSR count). The summed E-state index contributed by atoms with van der Waals surface area (Å²) in [6.07, 6.45) is 3.73. The van der Waals surface area contributed by atoms with Crippen molar-refractivity contribution < 1.29 is 8.42 Å². The van der Waals surface area contributed by atoms with Gasteiger partial charge >= 0.3 is 0 Å². The van der Waals surface area contributed by atoms with E-state index in [0.717, 1.165) is 25.7 Å². The molecule has 2 aliphatic heterocycles. The van der Waals surface area contributed by atoms with Crippen LogP contribution in [0.5, 0.6) is 0 Å². The lowest BCUT2D eigenvalue weighted by atomic mass is 10.1. The van der Waals surface area contributed by atoms with Gasteiger partial charge in [-0.05, 0) is 43.9 Å². The molecular weight excluding hydrogens is 350 g/mol. The molecule has 0 spiro atoms. The summed E-state index contributed by atoms with van der Waals surface area (Å²) in [5.74, 6) is 0. The number of nitrogens with zero attached hydrogens (tertiary/aromatic N) is 1. The zero-order valence-electron chi connectivity index (χ0n) is 10.3. The van der Waals surface area contributed by atoms with E-state index in [4.69, 9.17) is 11.6 Å². The Hall–Kier alpha value is -0.100. The van der Waals surface area contributed by atoms with Gasteiger partial charge in [-0.15, -0.1) is 0 Å². The van der Waals surface area contributed by atoms with E-state index >= 15 is 0 Å². The van der Waals surface area contributed by atoms with Crippen LogP contribution < -0.4 is 0 Å². The maximum Gasteiger partial charge on any atom is 0.243 e. The van der Waals surface area contributed by atoms with E-state index in [-0.39, 0.29) is 12.1 Å². The first-order valence-corrected chi connectivity index (χ1v) is 9.15. The fourth-order valence-corrected chi connectivity index (χ4v) is 6.27. The van der Waals surface area contributed by atoms with Crippen LogP contribution >= 0.6 is 27.5 Å². The summed E-state index contributed by atoms with van der Waals surface area (Å²) in [6, 6.07) is 6.81. The van der Waals surface area contributed by atoms with Gasteiger partial charge in [0.1, 0.15) is 0 Å². The number of rotatable bonds is 2. The number of benzene rings is 1. The summed E-state index contributed by atoms with van der Waals surface area (Å²) in [4.78, 5) is 0.751. The van der Waals surface area contributed by atoms with Gasteiger partial charge in [-0.3, -0.25) is 0 Å². The van der Waals surface area contributed by atoms with E-state index < -0.39 is 10.0 Å². The van der Waals surface area contributed by atoms with Gasteiger partial charge in [-0.25, -0.2) is 8.42 Å². The average molecular weight is 365 g/mol. The van der Waals surface area contributed by atoms with E-state index in [1.54, 1.807) is 22.5 Å². The number of hydrogen-bond donors (Lipinski definition) is 0. The van der Waals surface area contributed by atoms with Crippen molar-refractivity contribution in [3.8, 4) is 0 Å². The molecule has 2 saturated heterocycles. The molecule has 2 heterocycles. The first-order chi connectivity index (χ1) is 8.98. The molecule has 6 heteroatoms. The largest absolute Gasteiger partial charge is 0.243 e. The molecule has 0 N–H and O–H groups in total. The molecule has 0 saturated carbocycles. The Morgan fingerprint density at radius 2 is 1.84 bits per heavy atom. The predicted molar refractivity (Wildman–Crippen MR) is 79.2 cm³/mol. The minimum Gasteiger partial charge on any atom is -0.207 e. The Labute approximate surface area is 127 Å². The van der Waals surface area contributed by atoms with Crippen molar-refractivity contribution in [1.82, 2.24) is 4.31 Å². The molecule has 2 unspecified atom stereocenters. The zero-order chi connectivity index (χ0) is 13.6. The molecule has 0 radical (unpaired) electrons. The Kier molecular flexibility index (Phi) is 3.67. The third-order valence-electron chi connectivity index (χ3n) is 3.98. The molecule has 19 heavy (non-hydrogen) atoms. The highest BCUT2D eigenvalue weighted by atomic mass is 79.9. The molecule has 2 atom stereocenters. The Bertz CT molecular complexity index is 578. The molecular formula is C13H15BrClNO2S. The normalized spacial score (nSPS) is 31.6. The number of sulfonamides is 1. The third-order valence-corrected chi connectivity index (χ3v) is 6.96. The third kappa shape index (κ3) is 2.46. The molecule has 0 amide bonds. The maximum absolute atomic E-state index is 12.8. The maximum atomic E-state index is 12.8. The number of hydrogen-bond acceptors (Lipinski definition) is 2. The van der Waals surface area contributed by atoms with Gasteiger partial charge in [0.05, 0.1) is 4.90 Å². The van der Waals surface area contributed by atoms with Crippen molar-refractivity contribution in [3.05, 3.63) is 29.3 Å². The van der Waals surface area contributed by atoms with Gasteiger partial charge in [0.25, 0.3) is 0 Å². The minimum absolute atomic E-state index is 0.132. The number of fused-ring (bicyclic) bond motifs is 2. The smallest absolute Gasteiger partial charge is 0.207 e. The summed E-state index contributed by atoms with van der Waals surface area (Å²) in [5.41, 5.74) is 0. The van der Waals surface area contributed by atoms with Gasteiger partial charge in [0, 0.05) is 21.9 Å². The lowest BCUT2D eigenvalue weighted by molar-refractivity contribution is 0.255. The van der Waals surface area contributed by atoms with Crippen LogP contribution in [0.2, 0.25) is 5.02 Å². The number of piperidine rings is 1. The van der Waals surface area contributed by atoms with Crippen molar-refractivity contribution in [3.63, 3.8) is 0 Å². The van der Waals surface area contributed by atoms with Crippen molar-refractivity contribution in [1.29, 1.82) is 0 Å². The number of alkyl halides is 1. The van der Waals surface area contributed by atoms with Crippen LogP contribution in [0, 0.1) is 0 Å². The lowest BCUT2D eigenvalue weighted by Gasteiger charge is -2.36. The topological polar surface area (TPSA) is 37.4 Å². The van der Waals surface area contributed by atoms with E-state index in [1.807, 2.05) is 0 Å². The van der Waals surface area contributed by atoms with E-state index in [2.05, 4.69) is 15.9 Å². The van der Waals surface area contributed by atoms with Crippen molar-refractivity contribution in [2.24, 2.45) is 0 Å². The zero-order valence-corrected chi connectivity index (χ0v) is 13.5. The second kappa shape index (κ2) is 5.02. The van der Waals surface area contributed by atoms with Crippen LogP contribution in [-0.4, -0.2) is 29.6 Å². The Morgan fingerprint density at radius 1 is 1.21 bits per heavy atom. The molecule has 104 valence electrons. The standard InChI is InChI=1S/C13H15BrClNO2S/c14-9-6-11-4-5-12(7-9)16(11)19(17,18)13-3-1-2-10(15)8-13/h1-3,8-9,11-12H,4-7H2. The van der Waals surface area contributed by atoms with Crippen molar-refractivity contribution in [2.75, 3.05) is 0 Å². The number of halogens is 2. The highest BCUT2D eigenvalue weighted by molar-refractivity contribution is 9.09. The second-order valence-corrected chi connectivity index (χ2v) is 8.82. The van der Waals surface area contributed by atoms with Crippen molar-refractivity contribution in [2.45, 2.75) is 47.5 Å². The monoisotopic (exact) mass is 363 g/mol. The van der Waals surface area contributed by atoms with E-state index in [9.17, 15) is 8.42 Å². The quantitative estimate of drug-likeness (QED) is 0.754. The van der Waals surface area contributed by atoms with Crippen LogP contribution in [0.4, 0.5) is 0 Å². The first kappa shape index (κ1) is 13.9. The molecule has 2 aliphatic rings. The summed E-state index contributed by atoms with van der Waals surface area (Å²) in [6.45, 7) is 0. The van der Waals surface area contributed by atoms with Gasteiger partial charge in [-0.2, -0.15) is 4.31 Å². The van der Waals surface area contributed by atoms with Gasteiger partial charge in [-0.1, -0.05) is 33.6 Å². The van der Waals surface area contributed by atoms with Crippen LogP contribution in [0.3, 0.4) is 0 Å². The SMILES string of the molecule is O=S(=O)(c1cccc(Cl)c1)N1C2CCC1CC(Br)C2. The van der Waals surface area contributed by atoms with Crippen LogP contribution in [-0.2, 0) is 10.0 Å². The van der Waals surface area contributed by atoms with Crippen LogP contribution in [0.25, 0.3) is 0 Å². The molecule has 1 aromatic carbocycles. The molecule has 1 aromatic rings. The Morgan fingerprint density at radius 3 is 2.42 bits per heavy atom. The van der Waals surface area contributed by atoms with Crippen LogP contribution in [0.1, 0.15) is 25.7 Å². The van der Waals surface area contributed by atoms with Crippen LogP contribution in [0.15, 0.2) is 29.2 Å². The first-order valence-electron chi connectivity index (χ1n) is 6.41. The predicted octanol–water partition coefficient (Wildman–Crippen LogP) is 3.42. The molecule has 3 nitrogen and oxygen atoms in total. The summed E-state index contributed by atoms with van der Waals surface area (Å²) < 4.78 is 27.2. The summed E-state index contributed by atoms with van der Waals surface area (Å²) in [7, 11) is -3.42. The highest BCUT2D eigenvalue weighted by Crippen LogP contribution is 2.41. The minimum atomic E-state index is -3.42. The molecule has 2 bridgehead atoms. The van der Waals surface area contributed by atoms with E-state index in [1.165, 1.54) is 6.07 Å². The van der Waals surface area contributed by atoms with Gasteiger partial charge in [0.15, 0.2) is 0 Å². The fourth-order valence-electron chi connectivity index (χ4n) is 3.21. The summed E-state index contributed by atoms with van der Waals surface area (Å²) in [5, 5.41) is 0.462.